The molecule has 0 unspecified atom stereocenters. The molecule has 0 atom stereocenters. The second-order valence-electron chi connectivity index (χ2n) is 4.35. The molecule has 0 radical (unpaired) electrons. The first-order valence-corrected chi connectivity index (χ1v) is 7.48. The zero-order valence-electron chi connectivity index (χ0n) is 10.8. The molecule has 0 N–H and O–H groups in total. The standard InChI is InChI=1S/C15H15ClN2S/c1-18(7-6-14-3-2-8-19-14)15-5-4-12(10-16)9-13(15)11-17/h2-5,8-9H,6-7,10H2,1H3. The van der Waals surface area contributed by atoms with E-state index in [-0.39, 0.29) is 0 Å². The molecule has 0 fully saturated rings. The topological polar surface area (TPSA) is 27.0 Å². The number of alkyl halides is 1. The first kappa shape index (κ1) is 13.9. The number of hydrogen-bond donors (Lipinski definition) is 0. The minimum Gasteiger partial charge on any atom is -0.373 e. The number of nitrogens with zero attached hydrogens (tertiary/aromatic N) is 2. The summed E-state index contributed by atoms with van der Waals surface area (Å²) in [7, 11) is 2.02. The molecular weight excluding hydrogens is 276 g/mol. The maximum Gasteiger partial charge on any atom is 0.101 e. The van der Waals surface area contributed by atoms with Crippen LogP contribution in [0.15, 0.2) is 35.7 Å². The van der Waals surface area contributed by atoms with Crippen molar-refractivity contribution in [2.24, 2.45) is 0 Å². The van der Waals surface area contributed by atoms with Crippen molar-refractivity contribution in [2.75, 3.05) is 18.5 Å². The van der Waals surface area contributed by atoms with Gasteiger partial charge in [-0.1, -0.05) is 12.1 Å². The fourth-order valence-electron chi connectivity index (χ4n) is 1.94. The summed E-state index contributed by atoms with van der Waals surface area (Å²) in [6.45, 7) is 0.898. The Labute approximate surface area is 122 Å². The van der Waals surface area contributed by atoms with E-state index in [9.17, 15) is 5.26 Å². The zero-order valence-corrected chi connectivity index (χ0v) is 12.3. The third-order valence-electron chi connectivity index (χ3n) is 3.02. The van der Waals surface area contributed by atoms with Gasteiger partial charge in [-0.3, -0.25) is 0 Å². The van der Waals surface area contributed by atoms with Crippen molar-refractivity contribution in [2.45, 2.75) is 12.3 Å². The van der Waals surface area contributed by atoms with E-state index < -0.39 is 0 Å². The molecule has 2 nitrogen and oxygen atoms in total. The Balaban J connectivity index is 2.10. The maximum atomic E-state index is 9.22. The number of halogens is 1. The SMILES string of the molecule is CN(CCc1cccs1)c1ccc(CCl)cc1C#N. The highest BCUT2D eigenvalue weighted by molar-refractivity contribution is 7.09. The summed E-state index contributed by atoms with van der Waals surface area (Å²) in [6, 6.07) is 12.3. The summed E-state index contributed by atoms with van der Waals surface area (Å²) < 4.78 is 0. The lowest BCUT2D eigenvalue weighted by molar-refractivity contribution is 0.885. The van der Waals surface area contributed by atoms with Crippen LogP contribution < -0.4 is 4.90 Å². The van der Waals surface area contributed by atoms with Crippen molar-refractivity contribution < 1.29 is 0 Å². The number of nitriles is 1. The smallest absolute Gasteiger partial charge is 0.101 e. The largest absolute Gasteiger partial charge is 0.373 e. The number of hydrogen-bond acceptors (Lipinski definition) is 3. The summed E-state index contributed by atoms with van der Waals surface area (Å²) >= 11 is 7.56. The molecule has 0 amide bonds. The molecule has 1 aromatic heterocycles. The van der Waals surface area contributed by atoms with Gasteiger partial charge in [-0.2, -0.15) is 5.26 Å². The lowest BCUT2D eigenvalue weighted by atomic mass is 10.1. The predicted octanol–water partition coefficient (Wildman–Crippen LogP) is 4.04. The van der Waals surface area contributed by atoms with E-state index in [1.54, 1.807) is 11.3 Å². The molecular formula is C15H15ClN2S. The van der Waals surface area contributed by atoms with Crippen molar-refractivity contribution in [3.63, 3.8) is 0 Å². The molecule has 0 saturated carbocycles. The maximum absolute atomic E-state index is 9.22. The van der Waals surface area contributed by atoms with E-state index in [0.29, 0.717) is 11.4 Å². The van der Waals surface area contributed by atoms with Crippen LogP contribution in [-0.2, 0) is 12.3 Å². The summed E-state index contributed by atoms with van der Waals surface area (Å²) in [5.41, 5.74) is 2.63. The molecule has 0 spiro atoms. The number of rotatable bonds is 5. The van der Waals surface area contributed by atoms with Crippen LogP contribution in [0.2, 0.25) is 0 Å². The summed E-state index contributed by atoms with van der Waals surface area (Å²) in [5.74, 6) is 0.438. The monoisotopic (exact) mass is 290 g/mol. The molecule has 19 heavy (non-hydrogen) atoms. The van der Waals surface area contributed by atoms with Crippen LogP contribution in [0.1, 0.15) is 16.0 Å². The van der Waals surface area contributed by atoms with Gasteiger partial charge >= 0.3 is 0 Å². The molecule has 2 rings (SSSR count). The normalized spacial score (nSPS) is 10.2. The van der Waals surface area contributed by atoms with Crippen molar-refractivity contribution in [1.82, 2.24) is 0 Å². The number of anilines is 1. The van der Waals surface area contributed by atoms with E-state index in [2.05, 4.69) is 28.5 Å². The van der Waals surface area contributed by atoms with Gasteiger partial charge in [0.25, 0.3) is 0 Å². The molecule has 0 aliphatic rings. The Morgan fingerprint density at radius 2 is 2.21 bits per heavy atom. The van der Waals surface area contributed by atoms with Gasteiger partial charge in [0, 0.05) is 24.3 Å². The lowest BCUT2D eigenvalue weighted by Gasteiger charge is -2.20. The second kappa shape index (κ2) is 6.60. The predicted molar refractivity (Wildman–Crippen MR) is 82.0 cm³/mol. The Bertz CT molecular complexity index is 572. The molecule has 0 saturated heterocycles. The third kappa shape index (κ3) is 3.50. The van der Waals surface area contributed by atoms with Crippen LogP contribution in [0.25, 0.3) is 0 Å². The summed E-state index contributed by atoms with van der Waals surface area (Å²) in [5, 5.41) is 11.3. The molecule has 98 valence electrons. The number of thiophene rings is 1. The summed E-state index contributed by atoms with van der Waals surface area (Å²) in [6.07, 6.45) is 0.996. The Hall–Kier alpha value is -1.50. The van der Waals surface area contributed by atoms with Crippen LogP contribution >= 0.6 is 22.9 Å². The third-order valence-corrected chi connectivity index (χ3v) is 4.27. The fraction of sp³-hybridized carbons (Fsp3) is 0.267. The fourth-order valence-corrected chi connectivity index (χ4v) is 2.81. The van der Waals surface area contributed by atoms with Gasteiger partial charge in [-0.15, -0.1) is 22.9 Å². The highest BCUT2D eigenvalue weighted by Crippen LogP contribution is 2.22. The average molecular weight is 291 g/mol. The first-order chi connectivity index (χ1) is 9.24. The first-order valence-electron chi connectivity index (χ1n) is 6.07. The van der Waals surface area contributed by atoms with E-state index in [1.807, 2.05) is 25.2 Å². The number of likely N-dealkylation sites (N-methyl/N-ethyl adjacent to an activating group) is 1. The lowest BCUT2D eigenvalue weighted by Crippen LogP contribution is -2.21. The Morgan fingerprint density at radius 3 is 2.84 bits per heavy atom. The van der Waals surface area contributed by atoms with E-state index in [0.717, 1.165) is 24.2 Å². The second-order valence-corrected chi connectivity index (χ2v) is 5.65. The minimum absolute atomic E-state index is 0.438. The molecule has 0 aliphatic heterocycles. The quantitative estimate of drug-likeness (QED) is 0.777. The molecule has 0 aliphatic carbocycles. The molecule has 2 aromatic rings. The number of benzene rings is 1. The Morgan fingerprint density at radius 1 is 1.37 bits per heavy atom. The van der Waals surface area contributed by atoms with Gasteiger partial charge in [0.15, 0.2) is 0 Å². The van der Waals surface area contributed by atoms with Crippen LogP contribution in [0.3, 0.4) is 0 Å². The average Bonchev–Trinajstić information content (AvgIpc) is 2.97. The van der Waals surface area contributed by atoms with Crippen LogP contribution in [0, 0.1) is 11.3 Å². The highest BCUT2D eigenvalue weighted by atomic mass is 35.5. The van der Waals surface area contributed by atoms with Crippen LogP contribution in [-0.4, -0.2) is 13.6 Å². The van der Waals surface area contributed by atoms with Crippen molar-refractivity contribution in [1.29, 1.82) is 5.26 Å². The van der Waals surface area contributed by atoms with Crippen molar-refractivity contribution in [3.8, 4) is 6.07 Å². The van der Waals surface area contributed by atoms with Gasteiger partial charge in [-0.05, 0) is 35.6 Å². The zero-order chi connectivity index (χ0) is 13.7. The van der Waals surface area contributed by atoms with E-state index in [4.69, 9.17) is 11.6 Å². The van der Waals surface area contributed by atoms with Crippen LogP contribution in [0.4, 0.5) is 5.69 Å². The van der Waals surface area contributed by atoms with E-state index in [1.165, 1.54) is 4.88 Å². The Kier molecular flexibility index (Phi) is 4.84. The molecule has 1 aromatic carbocycles. The van der Waals surface area contributed by atoms with Gasteiger partial charge in [-0.25, -0.2) is 0 Å². The van der Waals surface area contributed by atoms with Crippen molar-refractivity contribution >= 4 is 28.6 Å². The van der Waals surface area contributed by atoms with E-state index >= 15 is 0 Å². The molecule has 0 bridgehead atoms. The molecule has 1 heterocycles. The van der Waals surface area contributed by atoms with Crippen molar-refractivity contribution in [3.05, 3.63) is 51.7 Å². The highest BCUT2D eigenvalue weighted by Gasteiger charge is 2.08. The van der Waals surface area contributed by atoms with Gasteiger partial charge in [0.05, 0.1) is 11.3 Å². The van der Waals surface area contributed by atoms with Gasteiger partial charge < -0.3 is 4.90 Å². The van der Waals surface area contributed by atoms with Crippen LogP contribution in [0.5, 0.6) is 0 Å². The minimum atomic E-state index is 0.438. The van der Waals surface area contributed by atoms with Gasteiger partial charge in [0.1, 0.15) is 6.07 Å². The molecule has 4 heteroatoms. The summed E-state index contributed by atoms with van der Waals surface area (Å²) in [4.78, 5) is 3.48. The van der Waals surface area contributed by atoms with Gasteiger partial charge in [0.2, 0.25) is 0 Å².